The molecule has 2 aromatic carbocycles. The second-order valence-electron chi connectivity index (χ2n) is 4.18. The zero-order valence-corrected chi connectivity index (χ0v) is 11.3. The third-order valence-electron chi connectivity index (χ3n) is 2.69. The van der Waals surface area contributed by atoms with Crippen molar-refractivity contribution in [3.8, 4) is 0 Å². The molecule has 0 saturated heterocycles. The van der Waals surface area contributed by atoms with E-state index >= 15 is 0 Å². The fourth-order valence-electron chi connectivity index (χ4n) is 1.60. The number of hydrogen-bond acceptors (Lipinski definition) is 3. The van der Waals surface area contributed by atoms with Gasteiger partial charge in [-0.05, 0) is 36.8 Å². The molecule has 2 aromatic rings. The standard InChI is InChI=1S/C15H13NO3.Li/c1-10-2-4-11(5-3-10)14(17)16-13-8-6-12(7-9-13)15(18)19;/h2-9H,1H3,(H,16,17)(H,18,19);/q;+1/p-1. The van der Waals surface area contributed by atoms with Gasteiger partial charge < -0.3 is 15.2 Å². The molecule has 0 aromatic heterocycles. The molecule has 0 atom stereocenters. The molecule has 0 bridgehead atoms. The van der Waals surface area contributed by atoms with Crippen LogP contribution < -0.4 is 29.3 Å². The molecule has 2 rings (SSSR count). The van der Waals surface area contributed by atoms with Gasteiger partial charge in [-0.2, -0.15) is 0 Å². The van der Waals surface area contributed by atoms with E-state index in [2.05, 4.69) is 5.32 Å². The van der Waals surface area contributed by atoms with E-state index in [9.17, 15) is 14.7 Å². The molecule has 96 valence electrons. The van der Waals surface area contributed by atoms with E-state index in [0.29, 0.717) is 11.3 Å². The largest absolute Gasteiger partial charge is 1.00 e. The predicted octanol–water partition coefficient (Wildman–Crippen LogP) is -1.39. The van der Waals surface area contributed by atoms with Gasteiger partial charge in [-0.25, -0.2) is 0 Å². The maximum absolute atomic E-state index is 11.9. The molecule has 0 aliphatic carbocycles. The Labute approximate surface area is 129 Å². The number of aromatic carboxylic acids is 1. The number of hydrogen-bond donors (Lipinski definition) is 1. The fraction of sp³-hybridized carbons (Fsp3) is 0.0667. The number of amides is 1. The van der Waals surface area contributed by atoms with E-state index < -0.39 is 5.97 Å². The smallest absolute Gasteiger partial charge is 0.545 e. The number of carbonyl (C=O) groups excluding carboxylic acids is 2. The van der Waals surface area contributed by atoms with Gasteiger partial charge in [0.15, 0.2) is 0 Å². The summed E-state index contributed by atoms with van der Waals surface area (Å²) in [5.41, 5.74) is 2.24. The predicted molar refractivity (Wildman–Crippen MR) is 69.9 cm³/mol. The zero-order valence-electron chi connectivity index (χ0n) is 11.3. The normalized spacial score (nSPS) is 9.45. The average molecular weight is 261 g/mol. The summed E-state index contributed by atoms with van der Waals surface area (Å²) in [6.07, 6.45) is 0. The van der Waals surface area contributed by atoms with Gasteiger partial charge in [0.05, 0.1) is 5.97 Å². The van der Waals surface area contributed by atoms with Crippen molar-refractivity contribution >= 4 is 17.6 Å². The molecule has 0 radical (unpaired) electrons. The Balaban J connectivity index is 0.00000200. The topological polar surface area (TPSA) is 69.2 Å². The summed E-state index contributed by atoms with van der Waals surface area (Å²) in [6.45, 7) is 1.94. The first-order valence-electron chi connectivity index (χ1n) is 5.76. The maximum atomic E-state index is 11.9. The van der Waals surface area contributed by atoms with Crippen LogP contribution in [0.2, 0.25) is 0 Å². The summed E-state index contributed by atoms with van der Waals surface area (Å²) in [5, 5.41) is 13.3. The molecular weight excluding hydrogens is 249 g/mol. The SMILES string of the molecule is Cc1ccc(C(=O)Nc2ccc(C(=O)[O-])cc2)cc1.[Li+]. The van der Waals surface area contributed by atoms with Crippen LogP contribution >= 0.6 is 0 Å². The Morgan fingerprint density at radius 2 is 1.40 bits per heavy atom. The fourth-order valence-corrected chi connectivity index (χ4v) is 1.60. The van der Waals surface area contributed by atoms with Crippen LogP contribution in [0.4, 0.5) is 5.69 Å². The molecule has 20 heavy (non-hydrogen) atoms. The van der Waals surface area contributed by atoms with Crippen molar-refractivity contribution in [2.75, 3.05) is 5.32 Å². The minimum atomic E-state index is -1.24. The number of carboxylic acids is 1. The van der Waals surface area contributed by atoms with E-state index in [4.69, 9.17) is 0 Å². The number of benzene rings is 2. The first kappa shape index (κ1) is 16.0. The van der Waals surface area contributed by atoms with Crippen molar-refractivity contribution in [2.45, 2.75) is 6.92 Å². The van der Waals surface area contributed by atoms with E-state index in [1.165, 1.54) is 24.3 Å². The number of rotatable bonds is 3. The third kappa shape index (κ3) is 3.99. The quantitative estimate of drug-likeness (QED) is 0.692. The molecule has 0 saturated carbocycles. The van der Waals surface area contributed by atoms with Gasteiger partial charge in [-0.3, -0.25) is 4.79 Å². The number of aryl methyl sites for hydroxylation is 1. The summed E-state index contributed by atoms with van der Waals surface area (Å²) in [5.74, 6) is -1.47. The summed E-state index contributed by atoms with van der Waals surface area (Å²) in [7, 11) is 0. The van der Waals surface area contributed by atoms with Gasteiger partial charge >= 0.3 is 18.9 Å². The molecule has 0 aliphatic heterocycles. The molecule has 1 N–H and O–H groups in total. The molecule has 5 heteroatoms. The second kappa shape index (κ2) is 6.95. The summed E-state index contributed by atoms with van der Waals surface area (Å²) < 4.78 is 0. The minimum absolute atomic E-state index is 0. The van der Waals surface area contributed by atoms with Gasteiger partial charge in [0.2, 0.25) is 0 Å². The van der Waals surface area contributed by atoms with Crippen LogP contribution in [-0.4, -0.2) is 11.9 Å². The Bertz CT molecular complexity index is 606. The molecule has 0 unspecified atom stereocenters. The van der Waals surface area contributed by atoms with Crippen LogP contribution in [0.1, 0.15) is 26.3 Å². The average Bonchev–Trinajstić information content (AvgIpc) is 2.40. The molecule has 0 heterocycles. The van der Waals surface area contributed by atoms with Gasteiger partial charge in [0, 0.05) is 11.3 Å². The van der Waals surface area contributed by atoms with Crippen molar-refractivity contribution in [1.82, 2.24) is 0 Å². The van der Waals surface area contributed by atoms with Crippen molar-refractivity contribution < 1.29 is 33.6 Å². The van der Waals surface area contributed by atoms with E-state index in [0.717, 1.165) is 5.56 Å². The summed E-state index contributed by atoms with van der Waals surface area (Å²) >= 11 is 0. The van der Waals surface area contributed by atoms with Crippen molar-refractivity contribution in [1.29, 1.82) is 0 Å². The number of carbonyl (C=O) groups is 2. The zero-order chi connectivity index (χ0) is 13.8. The molecule has 1 amide bonds. The van der Waals surface area contributed by atoms with Gasteiger partial charge in [-0.1, -0.05) is 29.8 Å². The molecule has 0 fully saturated rings. The summed E-state index contributed by atoms with van der Waals surface area (Å²) in [4.78, 5) is 22.5. The monoisotopic (exact) mass is 261 g/mol. The summed E-state index contributed by atoms with van der Waals surface area (Å²) in [6, 6.07) is 13.0. The van der Waals surface area contributed by atoms with Gasteiger partial charge in [0.25, 0.3) is 5.91 Å². The number of nitrogens with one attached hydrogen (secondary N) is 1. The van der Waals surface area contributed by atoms with Crippen LogP contribution in [0.3, 0.4) is 0 Å². The molecule has 0 aliphatic rings. The molecular formula is C15H12LiNO3. The van der Waals surface area contributed by atoms with Crippen LogP contribution in [0.15, 0.2) is 48.5 Å². The van der Waals surface area contributed by atoms with Crippen LogP contribution in [0.25, 0.3) is 0 Å². The van der Waals surface area contributed by atoms with Gasteiger partial charge in [0.1, 0.15) is 0 Å². The van der Waals surface area contributed by atoms with Gasteiger partial charge in [-0.15, -0.1) is 0 Å². The second-order valence-corrected chi connectivity index (χ2v) is 4.18. The number of anilines is 1. The Hall–Kier alpha value is -2.02. The van der Waals surface area contributed by atoms with Crippen LogP contribution in [0.5, 0.6) is 0 Å². The third-order valence-corrected chi connectivity index (χ3v) is 2.69. The first-order valence-corrected chi connectivity index (χ1v) is 5.76. The van der Waals surface area contributed by atoms with Crippen LogP contribution in [-0.2, 0) is 0 Å². The van der Waals surface area contributed by atoms with E-state index in [1.807, 2.05) is 19.1 Å². The van der Waals surface area contributed by atoms with Crippen molar-refractivity contribution in [3.05, 3.63) is 65.2 Å². The molecule has 0 spiro atoms. The Morgan fingerprint density at radius 3 is 1.90 bits per heavy atom. The Kier molecular flexibility index (Phi) is 5.57. The van der Waals surface area contributed by atoms with E-state index in [-0.39, 0.29) is 30.3 Å². The van der Waals surface area contributed by atoms with Crippen molar-refractivity contribution in [3.63, 3.8) is 0 Å². The Morgan fingerprint density at radius 1 is 0.900 bits per heavy atom. The van der Waals surface area contributed by atoms with E-state index in [1.54, 1.807) is 12.1 Å². The van der Waals surface area contributed by atoms with Crippen molar-refractivity contribution in [2.24, 2.45) is 0 Å². The molecule has 4 nitrogen and oxygen atoms in total. The minimum Gasteiger partial charge on any atom is -0.545 e. The van der Waals surface area contributed by atoms with Crippen LogP contribution in [0, 0.1) is 6.92 Å². The maximum Gasteiger partial charge on any atom is 1.00 e. The number of carboxylic acid groups (broad SMARTS) is 1. The first-order chi connectivity index (χ1) is 9.06.